The van der Waals surface area contributed by atoms with Crippen LogP contribution in [0.15, 0.2) is 53.4 Å². The Morgan fingerprint density at radius 1 is 1.17 bits per heavy atom. The van der Waals surface area contributed by atoms with Crippen LogP contribution in [0.2, 0.25) is 0 Å². The van der Waals surface area contributed by atoms with Crippen molar-refractivity contribution >= 4 is 21.7 Å². The number of likely N-dealkylation sites (tertiary alicyclic amines) is 1. The van der Waals surface area contributed by atoms with Gasteiger partial charge in [0.25, 0.3) is 0 Å². The average Bonchev–Trinajstić information content (AvgIpc) is 3.23. The van der Waals surface area contributed by atoms with E-state index in [1.165, 1.54) is 25.1 Å². The second-order valence-electron chi connectivity index (χ2n) is 7.25. The number of Topliss-reactive ketones (excluding diaryl/α,β-unsaturated/α-hetero) is 1. The molecule has 0 spiro atoms. The number of hydrogen-bond acceptors (Lipinski definition) is 5. The number of nitrogens with one attached hydrogen (secondary N) is 1. The van der Waals surface area contributed by atoms with Crippen LogP contribution in [-0.4, -0.2) is 45.2 Å². The summed E-state index contributed by atoms with van der Waals surface area (Å²) in [4.78, 5) is 26.1. The summed E-state index contributed by atoms with van der Waals surface area (Å²) in [6.45, 7) is 2.04. The standard InChI is InChI=1S/C22H26N2O5S/c1-16(25)18-5-3-6-20(15-18)30(27,28)23-13-12-22(26)24-14-4-7-21(24)17-8-10-19(29-2)11-9-17/h3,5-6,8-11,15,21,23H,4,7,12-14H2,1-2H3/t21-/m0/s1. The first kappa shape index (κ1) is 22.0. The Bertz CT molecular complexity index is 1020. The first-order valence-electron chi connectivity index (χ1n) is 9.86. The molecule has 0 bridgehead atoms. The summed E-state index contributed by atoms with van der Waals surface area (Å²) in [6.07, 6.45) is 1.85. The lowest BCUT2D eigenvalue weighted by atomic mass is 10.0. The van der Waals surface area contributed by atoms with E-state index in [0.717, 1.165) is 24.2 Å². The number of rotatable bonds is 8. The molecule has 2 aromatic carbocycles. The van der Waals surface area contributed by atoms with Gasteiger partial charge in [-0.05, 0) is 49.6 Å². The number of ketones is 1. The monoisotopic (exact) mass is 430 g/mol. The van der Waals surface area contributed by atoms with E-state index < -0.39 is 10.0 Å². The second-order valence-corrected chi connectivity index (χ2v) is 9.02. The van der Waals surface area contributed by atoms with Gasteiger partial charge in [0, 0.05) is 25.1 Å². The smallest absolute Gasteiger partial charge is 0.240 e. The van der Waals surface area contributed by atoms with E-state index in [0.29, 0.717) is 12.1 Å². The van der Waals surface area contributed by atoms with Gasteiger partial charge in [-0.15, -0.1) is 0 Å². The molecule has 0 aromatic heterocycles. The van der Waals surface area contributed by atoms with Crippen molar-refractivity contribution in [2.24, 2.45) is 0 Å². The molecule has 0 radical (unpaired) electrons. The third-order valence-electron chi connectivity index (χ3n) is 5.26. The summed E-state index contributed by atoms with van der Waals surface area (Å²) in [5.41, 5.74) is 1.37. The first-order valence-corrected chi connectivity index (χ1v) is 11.3. The van der Waals surface area contributed by atoms with Crippen LogP contribution >= 0.6 is 0 Å². The molecule has 7 nitrogen and oxygen atoms in total. The lowest BCUT2D eigenvalue weighted by Crippen LogP contribution is -2.34. The molecule has 0 saturated carbocycles. The summed E-state index contributed by atoms with van der Waals surface area (Å²) in [7, 11) is -2.19. The quantitative estimate of drug-likeness (QED) is 0.650. The molecule has 1 aliphatic heterocycles. The molecular formula is C22H26N2O5S. The van der Waals surface area contributed by atoms with E-state index in [1.54, 1.807) is 13.2 Å². The summed E-state index contributed by atoms with van der Waals surface area (Å²) >= 11 is 0. The predicted octanol–water partition coefficient (Wildman–Crippen LogP) is 2.93. The molecule has 1 N–H and O–H groups in total. The third kappa shape index (κ3) is 5.06. The normalized spacial score (nSPS) is 16.5. The molecule has 160 valence electrons. The number of carbonyl (C=O) groups is 2. The Hall–Kier alpha value is -2.71. The lowest BCUT2D eigenvalue weighted by Gasteiger charge is -2.25. The van der Waals surface area contributed by atoms with Crippen LogP contribution in [0.4, 0.5) is 0 Å². The van der Waals surface area contributed by atoms with E-state index in [9.17, 15) is 18.0 Å². The van der Waals surface area contributed by atoms with Gasteiger partial charge >= 0.3 is 0 Å². The van der Waals surface area contributed by atoms with Gasteiger partial charge in [-0.3, -0.25) is 9.59 Å². The number of methoxy groups -OCH3 is 1. The van der Waals surface area contributed by atoms with Crippen LogP contribution in [0.5, 0.6) is 5.75 Å². The molecule has 0 aliphatic carbocycles. The summed E-state index contributed by atoms with van der Waals surface area (Å²) in [5.74, 6) is 0.465. The van der Waals surface area contributed by atoms with Crippen LogP contribution < -0.4 is 9.46 Å². The Labute approximate surface area is 177 Å². The fraction of sp³-hybridized carbons (Fsp3) is 0.364. The van der Waals surface area contributed by atoms with Crippen molar-refractivity contribution < 1.29 is 22.7 Å². The summed E-state index contributed by atoms with van der Waals surface area (Å²) in [5, 5.41) is 0. The minimum atomic E-state index is -3.80. The largest absolute Gasteiger partial charge is 0.497 e. The molecule has 8 heteroatoms. The van der Waals surface area contributed by atoms with Crippen molar-refractivity contribution in [3.63, 3.8) is 0 Å². The van der Waals surface area contributed by atoms with Gasteiger partial charge in [-0.1, -0.05) is 24.3 Å². The number of nitrogens with zero attached hydrogens (tertiary/aromatic N) is 1. The molecular weight excluding hydrogens is 404 g/mol. The van der Waals surface area contributed by atoms with Crippen molar-refractivity contribution in [3.05, 3.63) is 59.7 Å². The van der Waals surface area contributed by atoms with Crippen LogP contribution in [0.3, 0.4) is 0 Å². The highest BCUT2D eigenvalue weighted by Gasteiger charge is 2.29. The van der Waals surface area contributed by atoms with Crippen molar-refractivity contribution in [1.82, 2.24) is 9.62 Å². The Morgan fingerprint density at radius 2 is 1.90 bits per heavy atom. The number of ether oxygens (including phenoxy) is 1. The maximum Gasteiger partial charge on any atom is 0.240 e. The molecule has 0 unspecified atom stereocenters. The zero-order chi connectivity index (χ0) is 21.7. The molecule has 1 heterocycles. The lowest BCUT2D eigenvalue weighted by molar-refractivity contribution is -0.131. The molecule has 1 fully saturated rings. The average molecular weight is 431 g/mol. The molecule has 30 heavy (non-hydrogen) atoms. The van der Waals surface area contributed by atoms with Gasteiger partial charge in [0.15, 0.2) is 5.78 Å². The fourth-order valence-electron chi connectivity index (χ4n) is 3.64. The maximum absolute atomic E-state index is 12.7. The van der Waals surface area contributed by atoms with E-state index in [-0.39, 0.29) is 35.6 Å². The maximum atomic E-state index is 12.7. The molecule has 1 amide bonds. The molecule has 3 rings (SSSR count). The van der Waals surface area contributed by atoms with Gasteiger partial charge in [-0.25, -0.2) is 13.1 Å². The summed E-state index contributed by atoms with van der Waals surface area (Å²) < 4.78 is 32.6. The number of amides is 1. The van der Waals surface area contributed by atoms with Gasteiger partial charge in [-0.2, -0.15) is 0 Å². The van der Waals surface area contributed by atoms with Crippen molar-refractivity contribution in [3.8, 4) is 5.75 Å². The topological polar surface area (TPSA) is 92.8 Å². The Balaban J connectivity index is 1.60. The van der Waals surface area contributed by atoms with Crippen molar-refractivity contribution in [2.45, 2.75) is 37.1 Å². The fourth-order valence-corrected chi connectivity index (χ4v) is 4.72. The first-order chi connectivity index (χ1) is 14.3. The third-order valence-corrected chi connectivity index (χ3v) is 6.71. The number of benzene rings is 2. The second kappa shape index (κ2) is 9.40. The highest BCUT2D eigenvalue weighted by molar-refractivity contribution is 7.89. The molecule has 1 atom stereocenters. The zero-order valence-electron chi connectivity index (χ0n) is 17.1. The van der Waals surface area contributed by atoms with E-state index >= 15 is 0 Å². The predicted molar refractivity (Wildman–Crippen MR) is 113 cm³/mol. The van der Waals surface area contributed by atoms with E-state index in [2.05, 4.69) is 4.72 Å². The van der Waals surface area contributed by atoms with Crippen molar-refractivity contribution in [2.75, 3.05) is 20.2 Å². The minimum Gasteiger partial charge on any atom is -0.497 e. The van der Waals surface area contributed by atoms with Gasteiger partial charge in [0.2, 0.25) is 15.9 Å². The zero-order valence-corrected chi connectivity index (χ0v) is 17.9. The molecule has 1 aliphatic rings. The van der Waals surface area contributed by atoms with Gasteiger partial charge in [0.1, 0.15) is 5.75 Å². The SMILES string of the molecule is COc1ccc([C@@H]2CCCN2C(=O)CCNS(=O)(=O)c2cccc(C(C)=O)c2)cc1. The number of carbonyl (C=O) groups excluding carboxylic acids is 2. The highest BCUT2D eigenvalue weighted by atomic mass is 32.2. The molecule has 2 aromatic rings. The van der Waals surface area contributed by atoms with Crippen LogP contribution in [0, 0.1) is 0 Å². The summed E-state index contributed by atoms with van der Waals surface area (Å²) in [6, 6.07) is 13.5. The van der Waals surface area contributed by atoms with Crippen LogP contribution in [0.25, 0.3) is 0 Å². The van der Waals surface area contributed by atoms with Gasteiger partial charge < -0.3 is 9.64 Å². The number of hydrogen-bond donors (Lipinski definition) is 1. The van der Waals surface area contributed by atoms with E-state index in [4.69, 9.17) is 4.74 Å². The van der Waals surface area contributed by atoms with Crippen molar-refractivity contribution in [1.29, 1.82) is 0 Å². The molecule has 1 saturated heterocycles. The van der Waals surface area contributed by atoms with Crippen LogP contribution in [-0.2, 0) is 14.8 Å². The Morgan fingerprint density at radius 3 is 2.57 bits per heavy atom. The number of sulfonamides is 1. The van der Waals surface area contributed by atoms with E-state index in [1.807, 2.05) is 29.2 Å². The van der Waals surface area contributed by atoms with Crippen LogP contribution in [0.1, 0.15) is 48.1 Å². The minimum absolute atomic E-state index is 0.00268. The highest BCUT2D eigenvalue weighted by Crippen LogP contribution is 2.33. The Kier molecular flexibility index (Phi) is 6.89. The van der Waals surface area contributed by atoms with Gasteiger partial charge in [0.05, 0.1) is 18.0 Å².